The molecule has 0 aromatic carbocycles. The number of nitrogens with zero attached hydrogens (tertiary/aromatic N) is 5. The van der Waals surface area contributed by atoms with Crippen molar-refractivity contribution in [3.63, 3.8) is 0 Å². The van der Waals surface area contributed by atoms with Crippen molar-refractivity contribution in [1.82, 2.24) is 29.5 Å². The normalized spacial score (nSPS) is 21.6. The van der Waals surface area contributed by atoms with Crippen LogP contribution < -0.4 is 10.1 Å². The van der Waals surface area contributed by atoms with Crippen LogP contribution in [0.1, 0.15) is 29.8 Å². The number of hydrogen-bond donors (Lipinski definition) is 2. The van der Waals surface area contributed by atoms with Crippen LogP contribution in [0, 0.1) is 0 Å². The minimum Gasteiger partial charge on any atom is -0.480 e. The molecule has 4 aromatic rings. The average molecular weight is 396 g/mol. The van der Waals surface area contributed by atoms with Crippen LogP contribution in [-0.4, -0.2) is 55.8 Å². The van der Waals surface area contributed by atoms with Crippen molar-refractivity contribution in [2.45, 2.75) is 37.8 Å². The highest BCUT2D eigenvalue weighted by atomic mass is 16.5. The number of fused-ring (bicyclic) bond motifs is 2. The second-order valence-electron chi connectivity index (χ2n) is 7.17. The van der Waals surface area contributed by atoms with Gasteiger partial charge in [0.1, 0.15) is 5.65 Å². The molecule has 0 aliphatic heterocycles. The molecule has 9 heteroatoms. The van der Waals surface area contributed by atoms with Crippen molar-refractivity contribution in [3.8, 4) is 17.1 Å². The highest BCUT2D eigenvalue weighted by Gasteiger charge is 2.23. The molecular weight excluding hydrogens is 370 g/mol. The molecule has 1 aliphatic carbocycles. The van der Waals surface area contributed by atoms with Crippen LogP contribution in [0.3, 0.4) is 0 Å². The third-order valence-corrected chi connectivity index (χ3v) is 5.40. The highest BCUT2D eigenvalue weighted by Crippen LogP contribution is 2.34. The zero-order valence-corrected chi connectivity index (χ0v) is 15.9. The second kappa shape index (κ2) is 7.32. The van der Waals surface area contributed by atoms with Crippen LogP contribution in [0.25, 0.3) is 27.9 Å². The van der Waals surface area contributed by atoms with E-state index in [-0.39, 0.29) is 12.1 Å². The van der Waals surface area contributed by atoms with E-state index in [4.69, 9.17) is 13.6 Å². The quantitative estimate of drug-likeness (QED) is 0.534. The SMILES string of the molecule is [2H]C([2H])([2H])OC1CCC(Nc2nc(OC)c3c(-c4ccc5nccn5n4)c[nH]c3n2)CC1. The maximum atomic E-state index is 7.26. The molecule has 0 amide bonds. The van der Waals surface area contributed by atoms with E-state index in [1.165, 1.54) is 0 Å². The van der Waals surface area contributed by atoms with Gasteiger partial charge in [0.25, 0.3) is 0 Å². The van der Waals surface area contributed by atoms with E-state index in [1.807, 2.05) is 18.3 Å². The summed E-state index contributed by atoms with van der Waals surface area (Å²) < 4.78 is 34.2. The van der Waals surface area contributed by atoms with Gasteiger partial charge in [-0.15, -0.1) is 0 Å². The lowest BCUT2D eigenvalue weighted by Crippen LogP contribution is -2.29. The molecule has 150 valence electrons. The first-order valence-electron chi connectivity index (χ1n) is 11.1. The second-order valence-corrected chi connectivity index (χ2v) is 7.17. The molecule has 1 fully saturated rings. The van der Waals surface area contributed by atoms with Crippen LogP contribution in [0.2, 0.25) is 0 Å². The summed E-state index contributed by atoms with van der Waals surface area (Å²) in [4.78, 5) is 16.6. The molecule has 1 aliphatic rings. The van der Waals surface area contributed by atoms with Crippen molar-refractivity contribution in [3.05, 3.63) is 30.7 Å². The summed E-state index contributed by atoms with van der Waals surface area (Å²) >= 11 is 0. The van der Waals surface area contributed by atoms with Gasteiger partial charge in [-0.1, -0.05) is 0 Å². The van der Waals surface area contributed by atoms with Crippen molar-refractivity contribution < 1.29 is 13.6 Å². The monoisotopic (exact) mass is 396 g/mol. The molecule has 0 radical (unpaired) electrons. The standard InChI is InChI=1S/C20H23N7O2/c1-28-13-5-3-12(4-6-13)23-20-24-18-17(19(25-20)29-2)14(11-22-18)15-7-8-16-21-9-10-27(16)26-15/h7-13H,3-6H2,1-2H3,(H2,22,23,24,25)/i1D3. The number of aromatic nitrogens is 6. The number of ether oxygens (including phenoxy) is 2. The number of H-pyrrole nitrogens is 1. The van der Waals surface area contributed by atoms with Gasteiger partial charge >= 0.3 is 0 Å². The van der Waals surface area contributed by atoms with Crippen LogP contribution in [-0.2, 0) is 4.74 Å². The van der Waals surface area contributed by atoms with Gasteiger partial charge in [-0.3, -0.25) is 0 Å². The lowest BCUT2D eigenvalue weighted by molar-refractivity contribution is 0.0681. The first-order chi connectivity index (χ1) is 15.4. The maximum absolute atomic E-state index is 7.26. The predicted octanol–water partition coefficient (Wildman–Crippen LogP) is 3.05. The summed E-state index contributed by atoms with van der Waals surface area (Å²) in [7, 11) is -0.777. The zero-order valence-electron chi connectivity index (χ0n) is 18.9. The Morgan fingerprint density at radius 1 is 1.24 bits per heavy atom. The van der Waals surface area contributed by atoms with E-state index in [0.29, 0.717) is 30.3 Å². The zero-order chi connectivity index (χ0) is 22.3. The molecule has 29 heavy (non-hydrogen) atoms. The minimum absolute atomic E-state index is 0.133. The first kappa shape index (κ1) is 14.7. The molecule has 9 nitrogen and oxygen atoms in total. The Bertz CT molecular complexity index is 1250. The molecule has 0 bridgehead atoms. The van der Waals surface area contributed by atoms with Gasteiger partial charge in [-0.25, -0.2) is 9.50 Å². The van der Waals surface area contributed by atoms with E-state index in [9.17, 15) is 0 Å². The number of aromatic amines is 1. The molecule has 0 saturated heterocycles. The summed E-state index contributed by atoms with van der Waals surface area (Å²) in [5.74, 6) is 0.904. The predicted molar refractivity (Wildman–Crippen MR) is 109 cm³/mol. The highest BCUT2D eigenvalue weighted by molar-refractivity contribution is 5.96. The van der Waals surface area contributed by atoms with Crippen molar-refractivity contribution in [2.75, 3.05) is 19.5 Å². The number of anilines is 1. The van der Waals surface area contributed by atoms with Crippen molar-refractivity contribution in [1.29, 1.82) is 0 Å². The van der Waals surface area contributed by atoms with Gasteiger partial charge in [0.15, 0.2) is 5.65 Å². The average Bonchev–Trinajstić information content (AvgIpc) is 3.40. The summed E-state index contributed by atoms with van der Waals surface area (Å²) in [6, 6.07) is 3.93. The summed E-state index contributed by atoms with van der Waals surface area (Å²) in [5.41, 5.74) is 2.99. The van der Waals surface area contributed by atoms with Crippen LogP contribution in [0.4, 0.5) is 5.95 Å². The van der Waals surface area contributed by atoms with Crippen LogP contribution in [0.5, 0.6) is 5.88 Å². The van der Waals surface area contributed by atoms with Crippen molar-refractivity contribution >= 4 is 22.6 Å². The molecule has 4 aromatic heterocycles. The lowest BCUT2D eigenvalue weighted by atomic mass is 9.93. The number of rotatable bonds is 5. The van der Waals surface area contributed by atoms with Gasteiger partial charge in [0.05, 0.1) is 28.4 Å². The van der Waals surface area contributed by atoms with Gasteiger partial charge < -0.3 is 19.8 Å². The molecule has 0 spiro atoms. The molecule has 1 saturated carbocycles. The molecule has 0 atom stereocenters. The number of methoxy groups -OCH3 is 2. The molecule has 4 heterocycles. The Kier molecular flexibility index (Phi) is 3.72. The minimum atomic E-state index is -2.35. The fourth-order valence-electron chi connectivity index (χ4n) is 3.88. The Morgan fingerprint density at radius 3 is 2.97 bits per heavy atom. The Labute approximate surface area is 171 Å². The van der Waals surface area contributed by atoms with E-state index in [2.05, 4.69) is 30.4 Å². The molecule has 0 unspecified atom stereocenters. The third kappa shape index (κ3) is 3.27. The van der Waals surface area contributed by atoms with Gasteiger partial charge in [-0.2, -0.15) is 15.1 Å². The van der Waals surface area contributed by atoms with E-state index < -0.39 is 7.04 Å². The van der Waals surface area contributed by atoms with Gasteiger partial charge in [0.2, 0.25) is 11.8 Å². The molecular formula is C20H23N7O2. The lowest BCUT2D eigenvalue weighted by Gasteiger charge is -2.28. The summed E-state index contributed by atoms with van der Waals surface area (Å²) in [6.07, 6.45) is 7.98. The fraction of sp³-hybridized carbons (Fsp3) is 0.400. The third-order valence-electron chi connectivity index (χ3n) is 5.40. The summed E-state index contributed by atoms with van der Waals surface area (Å²) in [6.45, 7) is 0. The van der Waals surface area contributed by atoms with E-state index in [0.717, 1.165) is 35.1 Å². The largest absolute Gasteiger partial charge is 0.480 e. The first-order valence-corrected chi connectivity index (χ1v) is 9.58. The Balaban J connectivity index is 1.37. The smallest absolute Gasteiger partial charge is 0.228 e. The topological polar surface area (TPSA) is 102 Å². The van der Waals surface area contributed by atoms with Crippen molar-refractivity contribution in [2.24, 2.45) is 0 Å². The van der Waals surface area contributed by atoms with E-state index in [1.54, 1.807) is 24.0 Å². The molecule has 2 N–H and O–H groups in total. The fourth-order valence-corrected chi connectivity index (χ4v) is 3.88. The molecule has 5 rings (SSSR count). The Morgan fingerprint density at radius 2 is 2.14 bits per heavy atom. The Hall–Kier alpha value is -3.20. The van der Waals surface area contributed by atoms with Gasteiger partial charge in [-0.05, 0) is 37.8 Å². The maximum Gasteiger partial charge on any atom is 0.228 e. The number of hydrogen-bond acceptors (Lipinski definition) is 7. The number of nitrogens with one attached hydrogen (secondary N) is 2. The number of imidazole rings is 1. The summed E-state index contributed by atoms with van der Waals surface area (Å²) in [5, 5.41) is 8.71. The van der Waals surface area contributed by atoms with Crippen LogP contribution >= 0.6 is 0 Å². The van der Waals surface area contributed by atoms with E-state index >= 15 is 0 Å². The van der Waals surface area contributed by atoms with Gasteiger partial charge in [0, 0.05) is 37.2 Å². The van der Waals surface area contributed by atoms with Crippen LogP contribution in [0.15, 0.2) is 30.7 Å².